The van der Waals surface area contributed by atoms with Gasteiger partial charge < -0.3 is 4.74 Å². The van der Waals surface area contributed by atoms with Crippen LogP contribution in [0.15, 0.2) is 36.9 Å². The number of rotatable bonds is 2. The standard InChI is InChI=1S/C4H6O.C2HF3S/c1-3-5-4-2;3-1(4)2(5)6/h3-4H,1-2H2;6H. The normalized spacial score (nSPS) is 6.91. The molecule has 0 aromatic heterocycles. The van der Waals surface area contributed by atoms with Gasteiger partial charge in [-0.05, 0) is 0 Å². The molecule has 0 rings (SSSR count). The largest absolute Gasteiger partial charge is 0.474 e. The monoisotopic (exact) mass is 184 g/mol. The Morgan fingerprint density at radius 3 is 1.45 bits per heavy atom. The second-order valence-corrected chi connectivity index (χ2v) is 1.41. The molecule has 64 valence electrons. The average Bonchev–Trinajstić information content (AvgIpc) is 1.90. The SMILES string of the molecule is C=COC=C.FC(F)=C(F)S. The van der Waals surface area contributed by atoms with E-state index in [1.165, 1.54) is 12.5 Å². The Labute approximate surface area is 68.3 Å². The number of hydrogen-bond acceptors (Lipinski definition) is 2. The molecule has 1 nitrogen and oxygen atoms in total. The predicted molar refractivity (Wildman–Crippen MR) is 40.8 cm³/mol. The molecular weight excluding hydrogens is 177 g/mol. The van der Waals surface area contributed by atoms with Crippen LogP contribution in [0.2, 0.25) is 0 Å². The summed E-state index contributed by atoms with van der Waals surface area (Å²) >= 11 is 2.66. The first-order valence-electron chi connectivity index (χ1n) is 2.33. The van der Waals surface area contributed by atoms with Crippen LogP contribution in [0.5, 0.6) is 0 Å². The van der Waals surface area contributed by atoms with Gasteiger partial charge in [-0.25, -0.2) is 0 Å². The first-order valence-corrected chi connectivity index (χ1v) is 2.78. The highest BCUT2D eigenvalue weighted by molar-refractivity contribution is 7.84. The molecular formula is C6H7F3OS. The molecule has 0 amide bonds. The maximum atomic E-state index is 10.8. The highest BCUT2D eigenvalue weighted by Crippen LogP contribution is 2.10. The van der Waals surface area contributed by atoms with E-state index in [2.05, 4.69) is 30.5 Å². The van der Waals surface area contributed by atoms with Crippen molar-refractivity contribution >= 4 is 12.6 Å². The van der Waals surface area contributed by atoms with Gasteiger partial charge in [-0.3, -0.25) is 0 Å². The van der Waals surface area contributed by atoms with Crippen molar-refractivity contribution in [2.75, 3.05) is 0 Å². The lowest BCUT2D eigenvalue weighted by Gasteiger charge is -1.76. The van der Waals surface area contributed by atoms with Crippen LogP contribution in [0.25, 0.3) is 0 Å². The van der Waals surface area contributed by atoms with E-state index in [1.54, 1.807) is 0 Å². The molecule has 0 aliphatic carbocycles. The van der Waals surface area contributed by atoms with Gasteiger partial charge in [0.2, 0.25) is 5.16 Å². The van der Waals surface area contributed by atoms with E-state index in [0.717, 1.165) is 0 Å². The van der Waals surface area contributed by atoms with Gasteiger partial charge in [0.1, 0.15) is 0 Å². The molecule has 0 spiro atoms. The van der Waals surface area contributed by atoms with Gasteiger partial charge >= 0.3 is 6.08 Å². The van der Waals surface area contributed by atoms with E-state index in [-0.39, 0.29) is 0 Å². The Morgan fingerprint density at radius 2 is 1.45 bits per heavy atom. The summed E-state index contributed by atoms with van der Waals surface area (Å²) in [6.07, 6.45) is 0.248. The van der Waals surface area contributed by atoms with Crippen molar-refractivity contribution in [1.82, 2.24) is 0 Å². The Bertz CT molecular complexity index is 132. The third kappa shape index (κ3) is 17.6. The first kappa shape index (κ1) is 12.8. The first-order chi connectivity index (χ1) is 5.06. The van der Waals surface area contributed by atoms with Crippen LogP contribution >= 0.6 is 12.6 Å². The number of halogens is 3. The van der Waals surface area contributed by atoms with Gasteiger partial charge in [0.15, 0.2) is 0 Å². The molecule has 0 unspecified atom stereocenters. The van der Waals surface area contributed by atoms with Crippen LogP contribution in [0.3, 0.4) is 0 Å². The summed E-state index contributed by atoms with van der Waals surface area (Å²) in [5.41, 5.74) is 0. The summed E-state index contributed by atoms with van der Waals surface area (Å²) in [6, 6.07) is 0. The van der Waals surface area contributed by atoms with Gasteiger partial charge in [0, 0.05) is 0 Å². The van der Waals surface area contributed by atoms with Crippen molar-refractivity contribution < 1.29 is 17.9 Å². The summed E-state index contributed by atoms with van der Waals surface area (Å²) < 4.78 is 36.4. The molecule has 0 saturated heterocycles. The van der Waals surface area contributed by atoms with Crippen molar-refractivity contribution in [1.29, 1.82) is 0 Å². The van der Waals surface area contributed by atoms with E-state index < -0.39 is 11.2 Å². The molecule has 0 atom stereocenters. The fourth-order valence-corrected chi connectivity index (χ4v) is 0.0680. The zero-order chi connectivity index (χ0) is 9.28. The lowest BCUT2D eigenvalue weighted by molar-refractivity contribution is 0.395. The molecule has 0 heterocycles. The molecule has 0 radical (unpaired) electrons. The zero-order valence-corrected chi connectivity index (χ0v) is 6.45. The summed E-state index contributed by atoms with van der Waals surface area (Å²) in [4.78, 5) is 0. The van der Waals surface area contributed by atoms with Crippen LogP contribution in [-0.4, -0.2) is 0 Å². The van der Waals surface area contributed by atoms with Crippen molar-refractivity contribution in [3.63, 3.8) is 0 Å². The molecule has 0 aromatic rings. The highest BCUT2D eigenvalue weighted by atomic mass is 32.1. The van der Waals surface area contributed by atoms with Gasteiger partial charge in [0.05, 0.1) is 12.5 Å². The number of hydrogen-bond donors (Lipinski definition) is 1. The lowest BCUT2D eigenvalue weighted by atomic mass is 11.1. The average molecular weight is 184 g/mol. The smallest absolute Gasteiger partial charge is 0.312 e. The second kappa shape index (κ2) is 9.16. The summed E-state index contributed by atoms with van der Waals surface area (Å²) in [7, 11) is 0. The Hall–Kier alpha value is -0.840. The molecule has 0 N–H and O–H groups in total. The van der Waals surface area contributed by atoms with Crippen LogP contribution < -0.4 is 0 Å². The third-order valence-corrected chi connectivity index (χ3v) is 0.517. The van der Waals surface area contributed by atoms with E-state index >= 15 is 0 Å². The molecule has 11 heavy (non-hydrogen) atoms. The maximum Gasteiger partial charge on any atom is 0.312 e. The molecule has 0 bridgehead atoms. The molecule has 0 aromatic carbocycles. The Kier molecular flexibility index (Phi) is 10.7. The minimum atomic E-state index is -2.38. The summed E-state index contributed by atoms with van der Waals surface area (Å²) in [5.74, 6) is 0. The van der Waals surface area contributed by atoms with Crippen LogP contribution in [0, 0.1) is 0 Å². The van der Waals surface area contributed by atoms with E-state index in [0.29, 0.717) is 0 Å². The van der Waals surface area contributed by atoms with Gasteiger partial charge in [-0.2, -0.15) is 13.2 Å². The maximum absolute atomic E-state index is 10.8. The number of thiol groups is 1. The van der Waals surface area contributed by atoms with E-state index in [1.807, 2.05) is 0 Å². The minimum absolute atomic E-state index is 1.31. The fraction of sp³-hybridized carbons (Fsp3) is 0. The molecule has 0 saturated carbocycles. The Balaban J connectivity index is 0. The predicted octanol–water partition coefficient (Wildman–Crippen LogP) is 3.24. The molecule has 0 aliphatic rings. The second-order valence-electron chi connectivity index (χ2n) is 1.02. The van der Waals surface area contributed by atoms with Crippen molar-refractivity contribution in [3.05, 3.63) is 36.9 Å². The third-order valence-electron chi connectivity index (χ3n) is 0.348. The molecule has 5 heteroatoms. The van der Waals surface area contributed by atoms with Gasteiger partial charge in [-0.15, -0.1) is 12.6 Å². The Morgan fingerprint density at radius 1 is 1.18 bits per heavy atom. The van der Waals surface area contributed by atoms with Crippen LogP contribution in [0.1, 0.15) is 0 Å². The lowest BCUT2D eigenvalue weighted by Crippen LogP contribution is -1.54. The van der Waals surface area contributed by atoms with Gasteiger partial charge in [-0.1, -0.05) is 13.2 Å². The van der Waals surface area contributed by atoms with Crippen molar-refractivity contribution in [2.45, 2.75) is 0 Å². The topological polar surface area (TPSA) is 9.23 Å². The van der Waals surface area contributed by atoms with Crippen molar-refractivity contribution in [3.8, 4) is 0 Å². The van der Waals surface area contributed by atoms with Crippen molar-refractivity contribution in [2.24, 2.45) is 0 Å². The van der Waals surface area contributed by atoms with Crippen LogP contribution in [0.4, 0.5) is 13.2 Å². The van der Waals surface area contributed by atoms with E-state index in [4.69, 9.17) is 0 Å². The number of ether oxygens (including phenoxy) is 1. The zero-order valence-electron chi connectivity index (χ0n) is 5.56. The van der Waals surface area contributed by atoms with E-state index in [9.17, 15) is 13.2 Å². The summed E-state index contributed by atoms with van der Waals surface area (Å²) in [6.45, 7) is 6.51. The highest BCUT2D eigenvalue weighted by Gasteiger charge is 1.93. The van der Waals surface area contributed by atoms with Gasteiger partial charge in [0.25, 0.3) is 0 Å². The van der Waals surface area contributed by atoms with Crippen LogP contribution in [-0.2, 0) is 4.74 Å². The quantitative estimate of drug-likeness (QED) is 0.512. The minimum Gasteiger partial charge on any atom is -0.474 e. The fourth-order valence-electron chi connectivity index (χ4n) is 0.0680. The molecule has 0 aliphatic heterocycles. The molecule has 0 fully saturated rings. The summed E-state index contributed by atoms with van der Waals surface area (Å²) in [5, 5.41) is -1.71.